The molecule has 2 fully saturated rings. The fourth-order valence-corrected chi connectivity index (χ4v) is 2.78. The molecule has 1 heterocycles. The Morgan fingerprint density at radius 2 is 2.12 bits per heavy atom. The first-order chi connectivity index (χ1) is 7.29. The Balaban J connectivity index is 0.00000144. The highest BCUT2D eigenvalue weighted by Crippen LogP contribution is 2.37. The molecule has 2 aliphatic rings. The van der Waals surface area contributed by atoms with E-state index in [0.717, 1.165) is 25.7 Å². The summed E-state index contributed by atoms with van der Waals surface area (Å²) in [6, 6.07) is 0.300. The van der Waals surface area contributed by atoms with Crippen molar-refractivity contribution in [2.75, 3.05) is 6.54 Å². The Morgan fingerprint density at radius 3 is 2.65 bits per heavy atom. The summed E-state index contributed by atoms with van der Waals surface area (Å²) >= 11 is 0. The monoisotopic (exact) mass is 262 g/mol. The van der Waals surface area contributed by atoms with Crippen LogP contribution in [-0.4, -0.2) is 34.7 Å². The maximum Gasteiger partial charge on any atom is 0.410 e. The summed E-state index contributed by atoms with van der Waals surface area (Å²) in [4.78, 5) is 13.8. The van der Waals surface area contributed by atoms with E-state index in [1.54, 1.807) is 0 Å². The summed E-state index contributed by atoms with van der Waals surface area (Å²) in [7, 11) is 0. The maximum atomic E-state index is 12.0. The Morgan fingerprint density at radius 1 is 1.47 bits per heavy atom. The number of hydrogen-bond donors (Lipinski definition) is 1. The van der Waals surface area contributed by atoms with Gasteiger partial charge in [-0.25, -0.2) is 4.79 Å². The van der Waals surface area contributed by atoms with Crippen LogP contribution in [0, 0.1) is 0 Å². The molecule has 0 aromatic heterocycles. The molecule has 0 radical (unpaired) electrons. The number of amides is 1. The van der Waals surface area contributed by atoms with Gasteiger partial charge in [0.15, 0.2) is 0 Å². The number of carbonyl (C=O) groups excluding carboxylic acids is 1. The van der Waals surface area contributed by atoms with Gasteiger partial charge in [0.25, 0.3) is 0 Å². The van der Waals surface area contributed by atoms with Gasteiger partial charge in [-0.1, -0.05) is 0 Å². The highest BCUT2D eigenvalue weighted by Gasteiger charge is 2.46. The number of nitrogens with two attached hydrogens (primary N) is 1. The number of hydrogen-bond acceptors (Lipinski definition) is 3. The van der Waals surface area contributed by atoms with E-state index in [-0.39, 0.29) is 24.0 Å². The van der Waals surface area contributed by atoms with Crippen LogP contribution in [0.3, 0.4) is 0 Å². The molecular weight excluding hydrogens is 240 g/mol. The number of fused-ring (bicyclic) bond motifs is 2. The lowest BCUT2D eigenvalue weighted by atomic mass is 9.84. The second-order valence-corrected chi connectivity index (χ2v) is 6.22. The van der Waals surface area contributed by atoms with Crippen molar-refractivity contribution in [3.05, 3.63) is 0 Å². The second kappa shape index (κ2) is 4.65. The van der Waals surface area contributed by atoms with Crippen LogP contribution in [0.4, 0.5) is 4.79 Å². The first-order valence-electron chi connectivity index (χ1n) is 6.08. The van der Waals surface area contributed by atoms with Crippen LogP contribution in [-0.2, 0) is 4.74 Å². The van der Waals surface area contributed by atoms with E-state index < -0.39 is 5.60 Å². The molecule has 5 heteroatoms. The van der Waals surface area contributed by atoms with Crippen molar-refractivity contribution in [3.63, 3.8) is 0 Å². The number of nitrogens with zero attached hydrogens (tertiary/aromatic N) is 1. The lowest BCUT2D eigenvalue weighted by molar-refractivity contribution is 0.0222. The van der Waals surface area contributed by atoms with E-state index in [2.05, 4.69) is 0 Å². The minimum absolute atomic E-state index is 0. The van der Waals surface area contributed by atoms with Gasteiger partial charge >= 0.3 is 6.09 Å². The number of likely N-dealkylation sites (tertiary alicyclic amines) is 1. The smallest absolute Gasteiger partial charge is 0.410 e. The van der Waals surface area contributed by atoms with Crippen molar-refractivity contribution in [2.45, 2.75) is 63.6 Å². The standard InChI is InChI=1S/C12H22N2O2.ClH/c1-11(2,3)16-10(15)14-8-12(13)6-4-5-9(14)7-12;/h9H,4-8,13H2,1-3H3;1H. The van der Waals surface area contributed by atoms with Crippen molar-refractivity contribution in [2.24, 2.45) is 5.73 Å². The maximum absolute atomic E-state index is 12.0. The number of ether oxygens (including phenoxy) is 1. The summed E-state index contributed by atoms with van der Waals surface area (Å²) in [5.74, 6) is 0. The van der Waals surface area contributed by atoms with Crippen LogP contribution in [0.25, 0.3) is 0 Å². The Kier molecular flexibility index (Phi) is 3.99. The molecule has 0 aromatic rings. The summed E-state index contributed by atoms with van der Waals surface area (Å²) in [6.07, 6.45) is 3.96. The molecule has 2 atom stereocenters. The average molecular weight is 263 g/mol. The fourth-order valence-electron chi connectivity index (χ4n) is 2.78. The predicted molar refractivity (Wildman–Crippen MR) is 69.4 cm³/mol. The van der Waals surface area contributed by atoms with Crippen molar-refractivity contribution in [1.82, 2.24) is 4.90 Å². The van der Waals surface area contributed by atoms with Crippen molar-refractivity contribution in [3.8, 4) is 0 Å². The average Bonchev–Trinajstić information content (AvgIpc) is 2.33. The molecule has 2 bridgehead atoms. The van der Waals surface area contributed by atoms with Gasteiger partial charge in [0.05, 0.1) is 0 Å². The van der Waals surface area contributed by atoms with Crippen molar-refractivity contribution < 1.29 is 9.53 Å². The van der Waals surface area contributed by atoms with E-state index in [1.807, 2.05) is 25.7 Å². The normalized spacial score (nSPS) is 32.0. The molecule has 100 valence electrons. The molecule has 2 rings (SSSR count). The zero-order valence-electron chi connectivity index (χ0n) is 10.9. The topological polar surface area (TPSA) is 55.6 Å². The summed E-state index contributed by atoms with van der Waals surface area (Å²) < 4.78 is 5.41. The highest BCUT2D eigenvalue weighted by atomic mass is 35.5. The Hall–Kier alpha value is -0.480. The molecular formula is C12H23ClN2O2. The molecule has 1 saturated carbocycles. The molecule has 1 amide bonds. The second-order valence-electron chi connectivity index (χ2n) is 6.22. The minimum atomic E-state index is -0.421. The fraction of sp³-hybridized carbons (Fsp3) is 0.917. The minimum Gasteiger partial charge on any atom is -0.444 e. The zero-order chi connectivity index (χ0) is 12.0. The van der Waals surface area contributed by atoms with Gasteiger partial charge in [-0.15, -0.1) is 12.4 Å². The molecule has 4 nitrogen and oxygen atoms in total. The molecule has 2 unspecified atom stereocenters. The largest absolute Gasteiger partial charge is 0.444 e. The summed E-state index contributed by atoms with van der Waals surface area (Å²) in [6.45, 7) is 6.34. The molecule has 2 N–H and O–H groups in total. The van der Waals surface area contributed by atoms with E-state index in [4.69, 9.17) is 10.5 Å². The number of halogens is 1. The van der Waals surface area contributed by atoms with Gasteiger partial charge in [-0.05, 0) is 46.5 Å². The quantitative estimate of drug-likeness (QED) is 0.729. The predicted octanol–water partition coefficient (Wildman–Crippen LogP) is 2.30. The summed E-state index contributed by atoms with van der Waals surface area (Å²) in [5, 5.41) is 0. The van der Waals surface area contributed by atoms with E-state index in [1.165, 1.54) is 0 Å². The molecule has 0 aromatic carbocycles. The third-order valence-corrected chi connectivity index (χ3v) is 3.41. The van der Waals surface area contributed by atoms with Crippen molar-refractivity contribution in [1.29, 1.82) is 0 Å². The Labute approximate surface area is 109 Å². The Bertz CT molecular complexity index is 303. The van der Waals surface area contributed by atoms with Gasteiger partial charge in [0.1, 0.15) is 5.60 Å². The lowest BCUT2D eigenvalue weighted by Crippen LogP contribution is -2.44. The van der Waals surface area contributed by atoms with Gasteiger partial charge < -0.3 is 15.4 Å². The van der Waals surface area contributed by atoms with Crippen LogP contribution in [0.2, 0.25) is 0 Å². The van der Waals surface area contributed by atoms with Crippen molar-refractivity contribution >= 4 is 18.5 Å². The molecule has 17 heavy (non-hydrogen) atoms. The van der Waals surface area contributed by atoms with Crippen LogP contribution in [0.15, 0.2) is 0 Å². The lowest BCUT2D eigenvalue weighted by Gasteiger charge is -2.28. The van der Waals surface area contributed by atoms with Gasteiger partial charge in [-0.3, -0.25) is 0 Å². The zero-order valence-corrected chi connectivity index (χ0v) is 11.7. The van der Waals surface area contributed by atoms with E-state index in [9.17, 15) is 4.79 Å². The third-order valence-electron chi connectivity index (χ3n) is 3.41. The highest BCUT2D eigenvalue weighted by molar-refractivity contribution is 5.85. The molecule has 1 saturated heterocycles. The van der Waals surface area contributed by atoms with E-state index in [0.29, 0.717) is 12.6 Å². The number of rotatable bonds is 0. The molecule has 1 aliphatic heterocycles. The molecule has 1 aliphatic carbocycles. The van der Waals surface area contributed by atoms with Gasteiger partial charge in [0.2, 0.25) is 0 Å². The van der Waals surface area contributed by atoms with Crippen LogP contribution in [0.5, 0.6) is 0 Å². The first kappa shape index (κ1) is 14.6. The third kappa shape index (κ3) is 3.26. The van der Waals surface area contributed by atoms with Crippen LogP contribution in [0.1, 0.15) is 46.5 Å². The SMILES string of the molecule is CC(C)(C)OC(=O)N1CC2(N)CCCC1C2.Cl. The number of carbonyl (C=O) groups is 1. The van der Waals surface area contributed by atoms with Crippen LogP contribution >= 0.6 is 12.4 Å². The van der Waals surface area contributed by atoms with Gasteiger partial charge in [-0.2, -0.15) is 0 Å². The van der Waals surface area contributed by atoms with E-state index >= 15 is 0 Å². The van der Waals surface area contributed by atoms with Gasteiger partial charge in [0, 0.05) is 18.1 Å². The first-order valence-corrected chi connectivity index (χ1v) is 6.08. The summed E-state index contributed by atoms with van der Waals surface area (Å²) in [5.41, 5.74) is 5.67. The molecule has 0 spiro atoms. The van der Waals surface area contributed by atoms with Crippen LogP contribution < -0.4 is 5.73 Å².